The van der Waals surface area contributed by atoms with E-state index in [0.29, 0.717) is 22.5 Å². The molecule has 0 fully saturated rings. The number of rotatable bonds is 4. The summed E-state index contributed by atoms with van der Waals surface area (Å²) in [6.45, 7) is 1.62. The zero-order chi connectivity index (χ0) is 19.6. The molecule has 0 aliphatic rings. The fourth-order valence-corrected chi connectivity index (χ4v) is 2.94. The van der Waals surface area contributed by atoms with Gasteiger partial charge in [0.05, 0.1) is 10.2 Å². The molecular formula is C19H16BrFN4O2. The molecule has 0 aliphatic heterocycles. The van der Waals surface area contributed by atoms with Gasteiger partial charge in [-0.25, -0.2) is 9.82 Å². The summed E-state index contributed by atoms with van der Waals surface area (Å²) < 4.78 is 15.2. The molecule has 138 valence electrons. The quantitative estimate of drug-likeness (QED) is 0.487. The number of nitrogens with zero attached hydrogens (tertiary/aromatic N) is 3. The Hall–Kier alpha value is -3.00. The molecule has 1 aromatic heterocycles. The van der Waals surface area contributed by atoms with Gasteiger partial charge in [-0.1, -0.05) is 18.2 Å². The molecule has 0 bridgehead atoms. The number of hydrogen-bond acceptors (Lipinski definition) is 4. The van der Waals surface area contributed by atoms with Crippen LogP contribution in [0.2, 0.25) is 0 Å². The molecule has 27 heavy (non-hydrogen) atoms. The molecule has 0 unspecified atom stereocenters. The molecule has 1 heterocycles. The normalized spacial score (nSPS) is 11.5. The third kappa shape index (κ3) is 3.90. The average Bonchev–Trinajstić information content (AvgIpc) is 2.97. The van der Waals surface area contributed by atoms with E-state index < -0.39 is 5.82 Å². The SMILES string of the molecule is C/C(=N\NC(=O)c1ccccc1)c1nn(C)c(-c2ccc(F)c(Br)c2)c1O. The standard InChI is InChI=1S/C19H16BrFN4O2/c1-11(22-23-19(27)12-6-4-3-5-7-12)16-18(26)17(25(2)24-16)13-8-9-15(21)14(20)10-13/h3-10,26H,1-2H3,(H,23,27)/b22-11+. The number of aryl methyl sites for hydroxylation is 1. The van der Waals surface area contributed by atoms with E-state index in [-0.39, 0.29) is 21.8 Å². The fraction of sp³-hybridized carbons (Fsp3) is 0.105. The number of nitrogens with one attached hydrogen (secondary N) is 1. The molecular weight excluding hydrogens is 415 g/mol. The summed E-state index contributed by atoms with van der Waals surface area (Å²) in [5.74, 6) is -0.874. The van der Waals surface area contributed by atoms with Gasteiger partial charge in [-0.15, -0.1) is 0 Å². The Labute approximate surface area is 163 Å². The van der Waals surface area contributed by atoms with Gasteiger partial charge >= 0.3 is 0 Å². The first-order valence-corrected chi connectivity index (χ1v) is 8.79. The summed E-state index contributed by atoms with van der Waals surface area (Å²) in [5.41, 5.74) is 4.46. The summed E-state index contributed by atoms with van der Waals surface area (Å²) in [7, 11) is 1.66. The highest BCUT2D eigenvalue weighted by atomic mass is 79.9. The summed E-state index contributed by atoms with van der Waals surface area (Å²) >= 11 is 3.13. The summed E-state index contributed by atoms with van der Waals surface area (Å²) in [6.07, 6.45) is 0. The Bertz CT molecular complexity index is 1030. The maximum absolute atomic E-state index is 13.5. The van der Waals surface area contributed by atoms with Gasteiger partial charge < -0.3 is 5.11 Å². The average molecular weight is 431 g/mol. The van der Waals surface area contributed by atoms with Gasteiger partial charge in [0.2, 0.25) is 0 Å². The number of hydrogen-bond donors (Lipinski definition) is 2. The molecule has 3 rings (SSSR count). The van der Waals surface area contributed by atoms with Gasteiger partial charge in [-0.05, 0) is 53.2 Å². The second kappa shape index (κ2) is 7.71. The van der Waals surface area contributed by atoms with Gasteiger partial charge in [0.15, 0.2) is 11.4 Å². The molecule has 0 spiro atoms. The van der Waals surface area contributed by atoms with Crippen molar-refractivity contribution in [1.29, 1.82) is 0 Å². The van der Waals surface area contributed by atoms with E-state index in [1.54, 1.807) is 50.4 Å². The van der Waals surface area contributed by atoms with Gasteiger partial charge in [-0.3, -0.25) is 9.48 Å². The van der Waals surface area contributed by atoms with Crippen LogP contribution in [-0.4, -0.2) is 26.5 Å². The maximum Gasteiger partial charge on any atom is 0.271 e. The molecule has 0 radical (unpaired) electrons. The molecule has 2 N–H and O–H groups in total. The number of aromatic nitrogens is 2. The molecule has 3 aromatic rings. The number of carbonyl (C=O) groups excluding carboxylic acids is 1. The Kier molecular flexibility index (Phi) is 5.36. The van der Waals surface area contributed by atoms with E-state index in [9.17, 15) is 14.3 Å². The Balaban J connectivity index is 1.89. The highest BCUT2D eigenvalue weighted by Crippen LogP contribution is 2.34. The second-order valence-electron chi connectivity index (χ2n) is 5.80. The minimum Gasteiger partial charge on any atom is -0.504 e. The first-order chi connectivity index (χ1) is 12.9. The van der Waals surface area contributed by atoms with Gasteiger partial charge in [-0.2, -0.15) is 10.2 Å². The van der Waals surface area contributed by atoms with Gasteiger partial charge in [0, 0.05) is 18.2 Å². The van der Waals surface area contributed by atoms with Crippen molar-refractivity contribution in [2.24, 2.45) is 12.1 Å². The van der Waals surface area contributed by atoms with Crippen molar-refractivity contribution in [2.75, 3.05) is 0 Å². The molecule has 0 atom stereocenters. The number of amides is 1. The molecule has 1 amide bonds. The minimum atomic E-state index is -0.401. The Morgan fingerprint density at radius 3 is 2.63 bits per heavy atom. The van der Waals surface area contributed by atoms with E-state index in [4.69, 9.17) is 0 Å². The van der Waals surface area contributed by atoms with Crippen LogP contribution < -0.4 is 5.43 Å². The third-order valence-electron chi connectivity index (χ3n) is 3.92. The minimum absolute atomic E-state index is 0.105. The van der Waals surface area contributed by atoms with Crippen molar-refractivity contribution in [2.45, 2.75) is 6.92 Å². The maximum atomic E-state index is 13.5. The van der Waals surface area contributed by atoms with Crippen LogP contribution in [0.15, 0.2) is 58.1 Å². The molecule has 8 heteroatoms. The number of carbonyl (C=O) groups is 1. The largest absolute Gasteiger partial charge is 0.504 e. The summed E-state index contributed by atoms with van der Waals surface area (Å²) in [6, 6.07) is 13.1. The van der Waals surface area contributed by atoms with Crippen molar-refractivity contribution < 1.29 is 14.3 Å². The van der Waals surface area contributed by atoms with E-state index in [0.717, 1.165) is 0 Å². The van der Waals surface area contributed by atoms with Crippen molar-refractivity contribution >= 4 is 27.5 Å². The lowest BCUT2D eigenvalue weighted by Gasteiger charge is -2.04. The van der Waals surface area contributed by atoms with Crippen LogP contribution in [0.3, 0.4) is 0 Å². The van der Waals surface area contributed by atoms with Crippen molar-refractivity contribution in [3.05, 3.63) is 70.1 Å². The van der Waals surface area contributed by atoms with E-state index in [2.05, 4.69) is 31.6 Å². The van der Waals surface area contributed by atoms with Crippen LogP contribution >= 0.6 is 15.9 Å². The first kappa shape index (κ1) is 18.8. The van der Waals surface area contributed by atoms with Crippen molar-refractivity contribution in [3.63, 3.8) is 0 Å². The fourth-order valence-electron chi connectivity index (χ4n) is 2.57. The lowest BCUT2D eigenvalue weighted by atomic mass is 10.1. The smallest absolute Gasteiger partial charge is 0.271 e. The van der Waals surface area contributed by atoms with E-state index in [1.807, 2.05) is 6.07 Å². The number of halogens is 2. The predicted octanol–water partition coefficient (Wildman–Crippen LogP) is 3.85. The Morgan fingerprint density at radius 2 is 1.96 bits per heavy atom. The summed E-state index contributed by atoms with van der Waals surface area (Å²) in [4.78, 5) is 12.1. The molecule has 0 saturated heterocycles. The molecule has 0 saturated carbocycles. The number of aromatic hydroxyl groups is 1. The van der Waals surface area contributed by atoms with Crippen LogP contribution in [0.4, 0.5) is 4.39 Å². The topological polar surface area (TPSA) is 79.5 Å². The van der Waals surface area contributed by atoms with Crippen LogP contribution in [0.25, 0.3) is 11.3 Å². The van der Waals surface area contributed by atoms with Crippen LogP contribution in [-0.2, 0) is 7.05 Å². The van der Waals surface area contributed by atoms with E-state index in [1.165, 1.54) is 10.7 Å². The zero-order valence-corrected chi connectivity index (χ0v) is 16.2. The summed E-state index contributed by atoms with van der Waals surface area (Å²) in [5, 5.41) is 18.9. The molecule has 0 aliphatic carbocycles. The number of benzene rings is 2. The highest BCUT2D eigenvalue weighted by molar-refractivity contribution is 9.10. The van der Waals surface area contributed by atoms with Crippen LogP contribution in [0, 0.1) is 5.82 Å². The monoisotopic (exact) mass is 430 g/mol. The second-order valence-corrected chi connectivity index (χ2v) is 6.66. The zero-order valence-electron chi connectivity index (χ0n) is 14.6. The first-order valence-electron chi connectivity index (χ1n) is 8.00. The van der Waals surface area contributed by atoms with Crippen molar-refractivity contribution in [1.82, 2.24) is 15.2 Å². The van der Waals surface area contributed by atoms with Crippen LogP contribution in [0.1, 0.15) is 23.0 Å². The Morgan fingerprint density at radius 1 is 1.26 bits per heavy atom. The molecule has 2 aromatic carbocycles. The molecule has 6 nitrogen and oxygen atoms in total. The lowest BCUT2D eigenvalue weighted by Crippen LogP contribution is -2.19. The van der Waals surface area contributed by atoms with Gasteiger partial charge in [0.25, 0.3) is 5.91 Å². The number of hydrazone groups is 1. The van der Waals surface area contributed by atoms with Crippen molar-refractivity contribution in [3.8, 4) is 17.0 Å². The third-order valence-corrected chi connectivity index (χ3v) is 4.53. The van der Waals surface area contributed by atoms with E-state index >= 15 is 0 Å². The predicted molar refractivity (Wildman–Crippen MR) is 104 cm³/mol. The lowest BCUT2D eigenvalue weighted by molar-refractivity contribution is 0.0955. The van der Waals surface area contributed by atoms with Crippen LogP contribution in [0.5, 0.6) is 5.75 Å². The van der Waals surface area contributed by atoms with Gasteiger partial charge in [0.1, 0.15) is 11.5 Å². The highest BCUT2D eigenvalue weighted by Gasteiger charge is 2.20.